The minimum absolute atomic E-state index is 0.00574. The summed E-state index contributed by atoms with van der Waals surface area (Å²) in [7, 11) is 0. The van der Waals surface area contributed by atoms with E-state index in [1.54, 1.807) is 4.90 Å². The fourth-order valence-corrected chi connectivity index (χ4v) is 1.97. The molecule has 0 saturated carbocycles. The lowest BCUT2D eigenvalue weighted by Gasteiger charge is -2.30. The number of hydrogen-bond donors (Lipinski definition) is 2. The summed E-state index contributed by atoms with van der Waals surface area (Å²) >= 11 is 0. The number of carbonyl (C=O) groups is 1. The highest BCUT2D eigenvalue weighted by Gasteiger charge is 2.25. The van der Waals surface area contributed by atoms with Gasteiger partial charge in [-0.15, -0.1) is 0 Å². The maximum atomic E-state index is 11.7. The number of anilines is 1. The van der Waals surface area contributed by atoms with E-state index in [-0.39, 0.29) is 19.1 Å². The number of β-amino-alcohol motifs (C(OH)–C–C–N with tert-alkyl or cyclic N) is 1. The largest absolute Gasteiger partial charge is 0.394 e. The van der Waals surface area contributed by atoms with Crippen molar-refractivity contribution >= 4 is 11.6 Å². The standard InChI is InChI=1S/C12H15NO3/c14-8-10(15)7-13-11-4-2-1-3-9(11)5-6-12(13)16/h1-4,10,14-15H,5-8H2/t10-/m1/s1. The zero-order chi connectivity index (χ0) is 11.5. The van der Waals surface area contributed by atoms with Crippen LogP contribution in [0, 0.1) is 0 Å². The zero-order valence-electron chi connectivity index (χ0n) is 8.97. The molecule has 0 aromatic heterocycles. The molecule has 0 fully saturated rings. The number of benzene rings is 1. The topological polar surface area (TPSA) is 60.8 Å². The van der Waals surface area contributed by atoms with Crippen LogP contribution in [0.4, 0.5) is 5.69 Å². The van der Waals surface area contributed by atoms with Crippen molar-refractivity contribution in [3.05, 3.63) is 29.8 Å². The first-order valence-corrected chi connectivity index (χ1v) is 5.39. The van der Waals surface area contributed by atoms with Gasteiger partial charge in [0.1, 0.15) is 0 Å². The molecule has 16 heavy (non-hydrogen) atoms. The van der Waals surface area contributed by atoms with Crippen molar-refractivity contribution in [1.29, 1.82) is 0 Å². The van der Waals surface area contributed by atoms with Gasteiger partial charge in [-0.05, 0) is 18.1 Å². The van der Waals surface area contributed by atoms with Gasteiger partial charge in [0.15, 0.2) is 0 Å². The lowest BCUT2D eigenvalue weighted by molar-refractivity contribution is -0.119. The molecule has 1 aromatic carbocycles. The molecular weight excluding hydrogens is 206 g/mol. The first-order valence-electron chi connectivity index (χ1n) is 5.39. The number of fused-ring (bicyclic) bond motifs is 1. The molecule has 1 heterocycles. The Bertz CT molecular complexity index is 392. The Morgan fingerprint density at radius 1 is 1.31 bits per heavy atom. The van der Waals surface area contributed by atoms with Crippen molar-refractivity contribution in [3.63, 3.8) is 0 Å². The number of aliphatic hydroxyl groups excluding tert-OH is 2. The Labute approximate surface area is 94.1 Å². The molecule has 0 radical (unpaired) electrons. The lowest BCUT2D eigenvalue weighted by atomic mass is 10.0. The maximum Gasteiger partial charge on any atom is 0.227 e. The van der Waals surface area contributed by atoms with Gasteiger partial charge in [0.25, 0.3) is 0 Å². The van der Waals surface area contributed by atoms with Crippen molar-refractivity contribution in [1.82, 2.24) is 0 Å². The smallest absolute Gasteiger partial charge is 0.227 e. The number of para-hydroxylation sites is 1. The van der Waals surface area contributed by atoms with Gasteiger partial charge in [0.2, 0.25) is 5.91 Å². The van der Waals surface area contributed by atoms with Gasteiger partial charge in [-0.3, -0.25) is 4.79 Å². The molecule has 0 spiro atoms. The number of amides is 1. The molecule has 1 aliphatic heterocycles. The van der Waals surface area contributed by atoms with E-state index < -0.39 is 6.10 Å². The van der Waals surface area contributed by atoms with Crippen LogP contribution in [0.5, 0.6) is 0 Å². The molecule has 2 rings (SSSR count). The summed E-state index contributed by atoms with van der Waals surface area (Å²) in [5, 5.41) is 18.2. The lowest BCUT2D eigenvalue weighted by Crippen LogP contribution is -2.41. The SMILES string of the molecule is O=C1CCc2ccccc2N1C[C@@H](O)CO. The first kappa shape index (κ1) is 11.1. The summed E-state index contributed by atoms with van der Waals surface area (Å²) in [5.74, 6) is 0.00574. The van der Waals surface area contributed by atoms with Crippen LogP contribution in [-0.2, 0) is 11.2 Å². The van der Waals surface area contributed by atoms with Gasteiger partial charge in [-0.1, -0.05) is 18.2 Å². The minimum Gasteiger partial charge on any atom is -0.394 e. The quantitative estimate of drug-likeness (QED) is 0.772. The summed E-state index contributed by atoms with van der Waals surface area (Å²) in [4.78, 5) is 13.3. The Balaban J connectivity index is 2.26. The monoisotopic (exact) mass is 221 g/mol. The molecule has 4 heteroatoms. The molecule has 0 bridgehead atoms. The predicted octanol–water partition coefficient (Wildman–Crippen LogP) is 0.319. The van der Waals surface area contributed by atoms with E-state index in [4.69, 9.17) is 5.11 Å². The summed E-state index contributed by atoms with van der Waals surface area (Å²) in [6.07, 6.45) is 0.339. The summed E-state index contributed by atoms with van der Waals surface area (Å²) < 4.78 is 0. The van der Waals surface area contributed by atoms with Crippen LogP contribution in [0.15, 0.2) is 24.3 Å². The zero-order valence-corrected chi connectivity index (χ0v) is 8.97. The van der Waals surface area contributed by atoms with E-state index >= 15 is 0 Å². The molecule has 1 amide bonds. The highest BCUT2D eigenvalue weighted by Crippen LogP contribution is 2.27. The minimum atomic E-state index is -0.880. The van der Waals surface area contributed by atoms with E-state index in [0.717, 1.165) is 17.7 Å². The Kier molecular flexibility index (Phi) is 3.22. The summed E-state index contributed by atoms with van der Waals surface area (Å²) in [5.41, 5.74) is 1.97. The van der Waals surface area contributed by atoms with Crippen LogP contribution >= 0.6 is 0 Å². The molecule has 1 aliphatic rings. The van der Waals surface area contributed by atoms with Gasteiger partial charge in [-0.2, -0.15) is 0 Å². The van der Waals surface area contributed by atoms with E-state index in [1.807, 2.05) is 24.3 Å². The van der Waals surface area contributed by atoms with Gasteiger partial charge in [0, 0.05) is 12.1 Å². The van der Waals surface area contributed by atoms with Gasteiger partial charge >= 0.3 is 0 Å². The van der Waals surface area contributed by atoms with Crippen LogP contribution in [0.3, 0.4) is 0 Å². The van der Waals surface area contributed by atoms with Crippen molar-refractivity contribution < 1.29 is 15.0 Å². The van der Waals surface area contributed by atoms with Crippen LogP contribution in [-0.4, -0.2) is 35.4 Å². The molecule has 1 atom stereocenters. The van der Waals surface area contributed by atoms with Gasteiger partial charge < -0.3 is 15.1 Å². The fourth-order valence-electron chi connectivity index (χ4n) is 1.97. The second-order valence-electron chi connectivity index (χ2n) is 3.97. The summed E-state index contributed by atoms with van der Waals surface area (Å²) in [6.45, 7) is -0.168. The average Bonchev–Trinajstić information content (AvgIpc) is 2.32. The third-order valence-electron chi connectivity index (χ3n) is 2.80. The molecule has 2 N–H and O–H groups in total. The van der Waals surface area contributed by atoms with Crippen LogP contribution in [0.2, 0.25) is 0 Å². The number of aryl methyl sites for hydroxylation is 1. The van der Waals surface area contributed by atoms with Crippen molar-refractivity contribution in [3.8, 4) is 0 Å². The van der Waals surface area contributed by atoms with Crippen LogP contribution in [0.25, 0.3) is 0 Å². The fraction of sp³-hybridized carbons (Fsp3) is 0.417. The highest BCUT2D eigenvalue weighted by molar-refractivity contribution is 5.96. The summed E-state index contributed by atoms with van der Waals surface area (Å²) in [6, 6.07) is 7.67. The number of hydrogen-bond acceptors (Lipinski definition) is 3. The number of carbonyl (C=O) groups excluding carboxylic acids is 1. The third kappa shape index (κ3) is 2.08. The normalized spacial score (nSPS) is 17.1. The van der Waals surface area contributed by atoms with E-state index in [1.165, 1.54) is 0 Å². The molecule has 0 unspecified atom stereocenters. The third-order valence-corrected chi connectivity index (χ3v) is 2.80. The number of rotatable bonds is 3. The maximum absolute atomic E-state index is 11.7. The van der Waals surface area contributed by atoms with Crippen molar-refractivity contribution in [2.45, 2.75) is 18.9 Å². The van der Waals surface area contributed by atoms with E-state index in [9.17, 15) is 9.90 Å². The molecule has 0 saturated heterocycles. The van der Waals surface area contributed by atoms with Gasteiger partial charge in [-0.25, -0.2) is 0 Å². The highest BCUT2D eigenvalue weighted by atomic mass is 16.3. The van der Waals surface area contributed by atoms with E-state index in [2.05, 4.69) is 0 Å². The Morgan fingerprint density at radius 3 is 2.81 bits per heavy atom. The molecular formula is C12H15NO3. The molecule has 4 nitrogen and oxygen atoms in total. The Morgan fingerprint density at radius 2 is 2.06 bits per heavy atom. The molecule has 0 aliphatic carbocycles. The van der Waals surface area contributed by atoms with Crippen molar-refractivity contribution in [2.24, 2.45) is 0 Å². The van der Waals surface area contributed by atoms with Crippen LogP contribution < -0.4 is 4.90 Å². The molecule has 1 aromatic rings. The Hall–Kier alpha value is -1.39. The average molecular weight is 221 g/mol. The van der Waals surface area contributed by atoms with E-state index in [0.29, 0.717) is 6.42 Å². The van der Waals surface area contributed by atoms with Gasteiger partial charge in [0.05, 0.1) is 19.3 Å². The number of nitrogens with zero attached hydrogens (tertiary/aromatic N) is 1. The predicted molar refractivity (Wildman–Crippen MR) is 60.2 cm³/mol. The number of aliphatic hydroxyl groups is 2. The van der Waals surface area contributed by atoms with Crippen LogP contribution in [0.1, 0.15) is 12.0 Å². The van der Waals surface area contributed by atoms with Crippen molar-refractivity contribution in [2.75, 3.05) is 18.1 Å². The molecule has 86 valence electrons. The second-order valence-corrected chi connectivity index (χ2v) is 3.97. The second kappa shape index (κ2) is 4.63. The first-order chi connectivity index (χ1) is 7.72.